The molecule has 0 spiro atoms. The predicted molar refractivity (Wildman–Crippen MR) is 61.0 cm³/mol. The Bertz CT molecular complexity index is 326. The number of nitrogens with two attached hydrogens (primary N) is 1. The van der Waals surface area contributed by atoms with Crippen molar-refractivity contribution in [1.82, 2.24) is 9.88 Å². The van der Waals surface area contributed by atoms with E-state index >= 15 is 0 Å². The van der Waals surface area contributed by atoms with E-state index in [0.717, 1.165) is 17.2 Å². The van der Waals surface area contributed by atoms with Crippen LogP contribution in [0.2, 0.25) is 0 Å². The van der Waals surface area contributed by atoms with Gasteiger partial charge in [0.05, 0.1) is 18.9 Å². The summed E-state index contributed by atoms with van der Waals surface area (Å²) < 4.78 is 5.34. The van der Waals surface area contributed by atoms with Crippen LogP contribution < -0.4 is 5.73 Å². The van der Waals surface area contributed by atoms with Gasteiger partial charge in [-0.25, -0.2) is 4.98 Å². The molecule has 0 bridgehead atoms. The fraction of sp³-hybridized carbons (Fsp3) is 0.700. The van der Waals surface area contributed by atoms with Gasteiger partial charge in [-0.2, -0.15) is 0 Å². The van der Waals surface area contributed by atoms with Crippen LogP contribution in [0, 0.1) is 0 Å². The Morgan fingerprint density at radius 1 is 1.60 bits per heavy atom. The number of aromatic nitrogens is 1. The molecular weight excluding hydrogens is 210 g/mol. The monoisotopic (exact) mass is 227 g/mol. The maximum Gasteiger partial charge on any atom is 0.107 e. The van der Waals surface area contributed by atoms with E-state index in [-0.39, 0.29) is 12.0 Å². The number of nitrogens with zero attached hydrogens (tertiary/aromatic N) is 2. The molecule has 4 nitrogen and oxygen atoms in total. The second-order valence-electron chi connectivity index (χ2n) is 4.21. The molecule has 2 unspecified atom stereocenters. The Labute approximate surface area is 94.1 Å². The van der Waals surface area contributed by atoms with Crippen molar-refractivity contribution in [2.24, 2.45) is 5.73 Å². The van der Waals surface area contributed by atoms with Gasteiger partial charge in [0.25, 0.3) is 0 Å². The molecule has 1 aliphatic rings. The molecule has 1 saturated heterocycles. The van der Waals surface area contributed by atoms with E-state index in [1.807, 2.05) is 14.1 Å². The van der Waals surface area contributed by atoms with Crippen LogP contribution in [-0.2, 0) is 11.3 Å². The van der Waals surface area contributed by atoms with Gasteiger partial charge in [0.2, 0.25) is 0 Å². The van der Waals surface area contributed by atoms with Gasteiger partial charge in [-0.3, -0.25) is 0 Å². The fourth-order valence-corrected chi connectivity index (χ4v) is 2.69. The minimum absolute atomic E-state index is 0.110. The quantitative estimate of drug-likeness (QED) is 0.823. The number of hydrogen-bond acceptors (Lipinski definition) is 5. The molecule has 2 N–H and O–H groups in total. The van der Waals surface area contributed by atoms with Crippen molar-refractivity contribution in [3.8, 4) is 0 Å². The lowest BCUT2D eigenvalue weighted by molar-refractivity contribution is 0.190. The summed E-state index contributed by atoms with van der Waals surface area (Å²) in [6.07, 6.45) is 0. The van der Waals surface area contributed by atoms with Crippen molar-refractivity contribution in [2.45, 2.75) is 18.5 Å². The molecule has 1 aromatic heterocycles. The maximum absolute atomic E-state index is 5.95. The summed E-state index contributed by atoms with van der Waals surface area (Å²) in [5.41, 5.74) is 7.05. The van der Waals surface area contributed by atoms with Crippen LogP contribution >= 0.6 is 11.3 Å². The van der Waals surface area contributed by atoms with Crippen LogP contribution in [0.25, 0.3) is 0 Å². The summed E-state index contributed by atoms with van der Waals surface area (Å²) >= 11 is 1.70. The molecule has 2 atom stereocenters. The van der Waals surface area contributed by atoms with Gasteiger partial charge in [-0.05, 0) is 14.1 Å². The molecule has 0 saturated carbocycles. The van der Waals surface area contributed by atoms with Gasteiger partial charge >= 0.3 is 0 Å². The van der Waals surface area contributed by atoms with Crippen molar-refractivity contribution in [3.63, 3.8) is 0 Å². The first kappa shape index (κ1) is 11.0. The molecule has 1 aromatic rings. The predicted octanol–water partition coefficient (Wildman–Crippen LogP) is 0.646. The van der Waals surface area contributed by atoms with Crippen LogP contribution in [0.5, 0.6) is 0 Å². The third-order valence-electron chi connectivity index (χ3n) is 2.53. The Kier molecular flexibility index (Phi) is 3.35. The average molecular weight is 227 g/mol. The van der Waals surface area contributed by atoms with E-state index < -0.39 is 0 Å². The van der Waals surface area contributed by atoms with Gasteiger partial charge in [-0.15, -0.1) is 11.3 Å². The van der Waals surface area contributed by atoms with E-state index in [9.17, 15) is 0 Å². The minimum atomic E-state index is 0.110. The molecule has 1 aliphatic heterocycles. The highest BCUT2D eigenvalue weighted by atomic mass is 32.1. The van der Waals surface area contributed by atoms with Crippen molar-refractivity contribution >= 4 is 11.3 Å². The Morgan fingerprint density at radius 3 is 3.00 bits per heavy atom. The summed E-state index contributed by atoms with van der Waals surface area (Å²) in [6.45, 7) is 2.27. The van der Waals surface area contributed by atoms with Gasteiger partial charge in [0.15, 0.2) is 0 Å². The van der Waals surface area contributed by atoms with Crippen LogP contribution in [0.1, 0.15) is 16.6 Å². The first-order valence-electron chi connectivity index (χ1n) is 5.09. The molecule has 2 rings (SSSR count). The Morgan fingerprint density at radius 2 is 2.40 bits per heavy atom. The molecule has 15 heavy (non-hydrogen) atoms. The highest BCUT2D eigenvalue weighted by Gasteiger charge is 2.28. The lowest BCUT2D eigenvalue weighted by atomic mass is 10.0. The molecule has 0 aromatic carbocycles. The molecular formula is C10H17N3OS. The van der Waals surface area contributed by atoms with Crippen molar-refractivity contribution in [1.29, 1.82) is 0 Å². The largest absolute Gasteiger partial charge is 0.379 e. The number of rotatable bonds is 3. The molecule has 2 heterocycles. The average Bonchev–Trinajstić information content (AvgIpc) is 2.72. The normalized spacial score (nSPS) is 26.4. The minimum Gasteiger partial charge on any atom is -0.379 e. The number of hydrogen-bond donors (Lipinski definition) is 1. The highest BCUT2D eigenvalue weighted by Crippen LogP contribution is 2.25. The van der Waals surface area contributed by atoms with Gasteiger partial charge in [-0.1, -0.05) is 0 Å². The smallest absolute Gasteiger partial charge is 0.107 e. The van der Waals surface area contributed by atoms with Crippen molar-refractivity contribution < 1.29 is 4.74 Å². The molecule has 0 radical (unpaired) electrons. The Hall–Kier alpha value is -0.490. The van der Waals surface area contributed by atoms with E-state index in [4.69, 9.17) is 10.5 Å². The van der Waals surface area contributed by atoms with Crippen LogP contribution in [0.3, 0.4) is 0 Å². The van der Waals surface area contributed by atoms with Gasteiger partial charge < -0.3 is 15.4 Å². The molecule has 5 heteroatoms. The lowest BCUT2D eigenvalue weighted by Crippen LogP contribution is -2.27. The Balaban J connectivity index is 2.06. The molecule has 84 valence electrons. The second-order valence-corrected chi connectivity index (χ2v) is 5.15. The van der Waals surface area contributed by atoms with E-state index in [1.165, 1.54) is 0 Å². The standard InChI is InChI=1S/C10H17N3OS/c1-13(2)3-10-12-9(6-15-10)7-4-14-5-8(7)11/h6-8H,3-5,11H2,1-2H3. The third kappa shape index (κ3) is 2.55. The summed E-state index contributed by atoms with van der Waals surface area (Å²) in [6, 6.07) is 0.110. The zero-order valence-corrected chi connectivity index (χ0v) is 9.96. The van der Waals surface area contributed by atoms with Crippen LogP contribution in [0.4, 0.5) is 0 Å². The van der Waals surface area contributed by atoms with Crippen molar-refractivity contribution in [2.75, 3.05) is 27.3 Å². The SMILES string of the molecule is CN(C)Cc1nc(C2COCC2N)cs1. The third-order valence-corrected chi connectivity index (χ3v) is 3.38. The zero-order valence-electron chi connectivity index (χ0n) is 9.14. The summed E-state index contributed by atoms with van der Waals surface area (Å²) in [5.74, 6) is 0.289. The summed E-state index contributed by atoms with van der Waals surface area (Å²) in [5, 5.41) is 3.26. The molecule has 0 aliphatic carbocycles. The topological polar surface area (TPSA) is 51.4 Å². The number of ether oxygens (including phenoxy) is 1. The first-order chi connectivity index (χ1) is 7.16. The highest BCUT2D eigenvalue weighted by molar-refractivity contribution is 7.09. The van der Waals surface area contributed by atoms with Crippen LogP contribution in [0.15, 0.2) is 5.38 Å². The van der Waals surface area contributed by atoms with Gasteiger partial charge in [0.1, 0.15) is 5.01 Å². The van der Waals surface area contributed by atoms with Crippen LogP contribution in [-0.4, -0.2) is 43.2 Å². The fourth-order valence-electron chi connectivity index (χ4n) is 1.71. The van der Waals surface area contributed by atoms with E-state index in [1.54, 1.807) is 11.3 Å². The van der Waals surface area contributed by atoms with E-state index in [2.05, 4.69) is 15.3 Å². The second kappa shape index (κ2) is 4.57. The summed E-state index contributed by atoms with van der Waals surface area (Å²) in [4.78, 5) is 6.72. The van der Waals surface area contributed by atoms with E-state index in [0.29, 0.717) is 13.2 Å². The molecule has 0 amide bonds. The molecule has 1 fully saturated rings. The number of thiazole rings is 1. The zero-order chi connectivity index (χ0) is 10.8. The summed E-state index contributed by atoms with van der Waals surface area (Å²) in [7, 11) is 4.09. The first-order valence-corrected chi connectivity index (χ1v) is 5.97. The van der Waals surface area contributed by atoms with Gasteiger partial charge in [0, 0.05) is 23.9 Å². The maximum atomic E-state index is 5.95. The van der Waals surface area contributed by atoms with Crippen molar-refractivity contribution in [3.05, 3.63) is 16.1 Å². The lowest BCUT2D eigenvalue weighted by Gasteiger charge is -2.09.